The first-order chi connectivity index (χ1) is 11.7. The Morgan fingerprint density at radius 1 is 1.20 bits per heavy atom. The highest BCUT2D eigenvalue weighted by atomic mass is 32.1. The van der Waals surface area contributed by atoms with Crippen molar-refractivity contribution in [3.8, 4) is 11.8 Å². The molecule has 0 unspecified atom stereocenters. The number of carboxylic acids is 1. The van der Waals surface area contributed by atoms with Crippen LogP contribution in [0.3, 0.4) is 0 Å². The first-order valence-corrected chi connectivity index (χ1v) is 8.49. The quantitative estimate of drug-likeness (QED) is 0.717. The largest absolute Gasteiger partial charge is 0.480 e. The van der Waals surface area contributed by atoms with Gasteiger partial charge in [-0.2, -0.15) is 0 Å². The Morgan fingerprint density at radius 2 is 1.88 bits per heavy atom. The molecule has 2 rings (SSSR count). The zero-order valence-corrected chi connectivity index (χ0v) is 14.8. The molecular formula is C19H19NO4S. The van der Waals surface area contributed by atoms with Crippen molar-refractivity contribution in [2.75, 3.05) is 0 Å². The lowest BCUT2D eigenvalue weighted by atomic mass is 10.1. The molecule has 1 heterocycles. The molecule has 1 amide bonds. The van der Waals surface area contributed by atoms with Crippen molar-refractivity contribution in [1.29, 1.82) is 0 Å². The maximum absolute atomic E-state index is 12.3. The Balaban J connectivity index is 2.07. The fourth-order valence-electron chi connectivity index (χ4n) is 2.02. The number of hydrogen-bond donors (Lipinski definition) is 3. The highest BCUT2D eigenvalue weighted by Crippen LogP contribution is 2.16. The number of carbonyl (C=O) groups excluding carboxylic acids is 1. The average molecular weight is 357 g/mol. The molecule has 0 spiro atoms. The normalized spacial score (nSPS) is 12.0. The first-order valence-electron chi connectivity index (χ1n) is 7.67. The van der Waals surface area contributed by atoms with Crippen molar-refractivity contribution in [1.82, 2.24) is 5.32 Å². The summed E-state index contributed by atoms with van der Waals surface area (Å²) < 4.78 is 0. The minimum Gasteiger partial charge on any atom is -0.480 e. The Labute approximate surface area is 150 Å². The highest BCUT2D eigenvalue weighted by Gasteiger charge is 2.22. The lowest BCUT2D eigenvalue weighted by Crippen LogP contribution is -2.42. The molecule has 5 nitrogen and oxygen atoms in total. The Morgan fingerprint density at radius 3 is 2.48 bits per heavy atom. The second-order valence-electron chi connectivity index (χ2n) is 6.03. The van der Waals surface area contributed by atoms with Gasteiger partial charge in [0.15, 0.2) is 0 Å². The van der Waals surface area contributed by atoms with E-state index < -0.39 is 23.5 Å². The van der Waals surface area contributed by atoms with Crippen LogP contribution in [0.15, 0.2) is 42.5 Å². The third kappa shape index (κ3) is 6.07. The third-order valence-electron chi connectivity index (χ3n) is 3.21. The van der Waals surface area contributed by atoms with Gasteiger partial charge < -0.3 is 15.5 Å². The van der Waals surface area contributed by atoms with E-state index in [4.69, 9.17) is 0 Å². The molecule has 130 valence electrons. The summed E-state index contributed by atoms with van der Waals surface area (Å²) >= 11 is 1.15. The summed E-state index contributed by atoms with van der Waals surface area (Å²) in [5.41, 5.74) is -0.283. The van der Waals surface area contributed by atoms with Gasteiger partial charge in [-0.15, -0.1) is 11.3 Å². The number of thiophene rings is 1. The standard InChI is InChI=1S/C19H19NO4S/c1-19(2,24)11-10-14-8-9-16(25-14)17(21)20-15(18(22)23)12-13-6-4-3-5-7-13/h3-9,15,24H,12H2,1-2H3,(H,20,21)(H,22,23)/t15-/m1/s1. The molecule has 0 aliphatic heterocycles. The van der Waals surface area contributed by atoms with E-state index in [1.807, 2.05) is 30.3 Å². The molecule has 1 atom stereocenters. The molecule has 1 aromatic carbocycles. The van der Waals surface area contributed by atoms with E-state index in [1.54, 1.807) is 26.0 Å². The highest BCUT2D eigenvalue weighted by molar-refractivity contribution is 7.14. The molecule has 0 saturated heterocycles. The van der Waals surface area contributed by atoms with Crippen molar-refractivity contribution in [2.24, 2.45) is 0 Å². The number of aliphatic hydroxyl groups is 1. The second kappa shape index (κ2) is 7.97. The zero-order chi connectivity index (χ0) is 18.4. The van der Waals surface area contributed by atoms with Crippen LogP contribution in [0.5, 0.6) is 0 Å². The first kappa shape index (κ1) is 18.7. The molecule has 3 N–H and O–H groups in total. The third-order valence-corrected chi connectivity index (χ3v) is 4.21. The van der Waals surface area contributed by atoms with E-state index in [1.165, 1.54) is 0 Å². The fourth-order valence-corrected chi connectivity index (χ4v) is 2.78. The van der Waals surface area contributed by atoms with Crippen molar-refractivity contribution in [3.63, 3.8) is 0 Å². The van der Waals surface area contributed by atoms with E-state index in [0.717, 1.165) is 16.9 Å². The maximum atomic E-state index is 12.3. The molecule has 6 heteroatoms. The molecule has 1 aromatic heterocycles. The lowest BCUT2D eigenvalue weighted by molar-refractivity contribution is -0.139. The van der Waals surface area contributed by atoms with Crippen LogP contribution < -0.4 is 5.32 Å². The van der Waals surface area contributed by atoms with E-state index in [9.17, 15) is 19.8 Å². The number of nitrogens with one attached hydrogen (secondary N) is 1. The Hall–Kier alpha value is -2.62. The summed E-state index contributed by atoms with van der Waals surface area (Å²) in [7, 11) is 0. The predicted molar refractivity (Wildman–Crippen MR) is 96.5 cm³/mol. The van der Waals surface area contributed by atoms with Gasteiger partial charge in [0.25, 0.3) is 5.91 Å². The molecule has 0 fully saturated rings. The predicted octanol–water partition coefficient (Wildman–Crippen LogP) is 2.30. The Kier molecular flexibility index (Phi) is 5.97. The van der Waals surface area contributed by atoms with Crippen LogP contribution in [-0.4, -0.2) is 33.7 Å². The summed E-state index contributed by atoms with van der Waals surface area (Å²) in [6.45, 7) is 3.14. The summed E-state index contributed by atoms with van der Waals surface area (Å²) in [4.78, 5) is 24.7. The number of amides is 1. The Bertz CT molecular complexity index is 809. The van der Waals surface area contributed by atoms with Gasteiger partial charge in [-0.05, 0) is 31.5 Å². The number of carbonyl (C=O) groups is 2. The van der Waals surface area contributed by atoms with E-state index in [-0.39, 0.29) is 6.42 Å². The SMILES string of the molecule is CC(C)(O)C#Cc1ccc(C(=O)N[C@H](Cc2ccccc2)C(=O)O)s1. The molecule has 25 heavy (non-hydrogen) atoms. The molecular weight excluding hydrogens is 338 g/mol. The van der Waals surface area contributed by atoms with Gasteiger partial charge in [0.2, 0.25) is 0 Å². The van der Waals surface area contributed by atoms with Crippen molar-refractivity contribution >= 4 is 23.2 Å². The molecule has 0 aliphatic rings. The molecule has 0 saturated carbocycles. The van der Waals surface area contributed by atoms with Crippen LogP contribution in [0.1, 0.15) is 34.0 Å². The van der Waals surface area contributed by atoms with Crippen LogP contribution in [0, 0.1) is 11.8 Å². The maximum Gasteiger partial charge on any atom is 0.326 e. The summed E-state index contributed by atoms with van der Waals surface area (Å²) in [5, 5.41) is 21.5. The molecule has 0 aliphatic carbocycles. The minimum atomic E-state index is -1.11. The van der Waals surface area contributed by atoms with Crippen LogP contribution >= 0.6 is 11.3 Å². The van der Waals surface area contributed by atoms with Crippen molar-refractivity contribution in [2.45, 2.75) is 31.9 Å². The summed E-state index contributed by atoms with van der Waals surface area (Å²) in [5.74, 6) is 3.93. The molecule has 0 bridgehead atoms. The van der Waals surface area contributed by atoms with Crippen LogP contribution in [0.2, 0.25) is 0 Å². The minimum absolute atomic E-state index is 0.207. The fraction of sp³-hybridized carbons (Fsp3) is 0.263. The van der Waals surface area contributed by atoms with Gasteiger partial charge in [-0.1, -0.05) is 42.2 Å². The van der Waals surface area contributed by atoms with E-state index in [0.29, 0.717) is 9.75 Å². The smallest absolute Gasteiger partial charge is 0.326 e. The van der Waals surface area contributed by atoms with Gasteiger partial charge >= 0.3 is 5.97 Å². The van der Waals surface area contributed by atoms with Crippen LogP contribution in [-0.2, 0) is 11.2 Å². The zero-order valence-electron chi connectivity index (χ0n) is 13.9. The monoisotopic (exact) mass is 357 g/mol. The number of aliphatic carboxylic acids is 1. The van der Waals surface area contributed by atoms with Gasteiger partial charge in [0.1, 0.15) is 11.6 Å². The van der Waals surface area contributed by atoms with Crippen LogP contribution in [0.25, 0.3) is 0 Å². The van der Waals surface area contributed by atoms with E-state index in [2.05, 4.69) is 17.2 Å². The molecule has 0 radical (unpaired) electrons. The number of benzene rings is 1. The van der Waals surface area contributed by atoms with Gasteiger partial charge in [0, 0.05) is 6.42 Å². The topological polar surface area (TPSA) is 86.6 Å². The van der Waals surface area contributed by atoms with Gasteiger partial charge in [-0.3, -0.25) is 4.79 Å². The van der Waals surface area contributed by atoms with Crippen molar-refractivity contribution < 1.29 is 19.8 Å². The summed E-state index contributed by atoms with van der Waals surface area (Å²) in [6, 6.07) is 11.4. The van der Waals surface area contributed by atoms with Gasteiger partial charge in [-0.25, -0.2) is 4.79 Å². The molecule has 2 aromatic rings. The summed E-state index contributed by atoms with van der Waals surface area (Å²) in [6.07, 6.45) is 0.207. The van der Waals surface area contributed by atoms with Crippen LogP contribution in [0.4, 0.5) is 0 Å². The number of carboxylic acid groups (broad SMARTS) is 1. The van der Waals surface area contributed by atoms with Gasteiger partial charge in [0.05, 0.1) is 9.75 Å². The number of rotatable bonds is 5. The lowest BCUT2D eigenvalue weighted by Gasteiger charge is -2.14. The average Bonchev–Trinajstić information content (AvgIpc) is 3.01. The van der Waals surface area contributed by atoms with Crippen molar-refractivity contribution in [3.05, 3.63) is 57.8 Å². The van der Waals surface area contributed by atoms with E-state index >= 15 is 0 Å². The number of hydrogen-bond acceptors (Lipinski definition) is 4. The second-order valence-corrected chi connectivity index (χ2v) is 7.11.